The molecule has 0 bridgehead atoms. The molecule has 0 fully saturated rings. The van der Waals surface area contributed by atoms with Crippen LogP contribution in [0.15, 0.2) is 72.8 Å². The Hall–Kier alpha value is -3.71. The lowest BCUT2D eigenvalue weighted by Crippen LogP contribution is -2.12. The summed E-state index contributed by atoms with van der Waals surface area (Å²) in [5.74, 6) is -0.891. The minimum Gasteiger partial charge on any atom is -0.423 e. The second-order valence-corrected chi connectivity index (χ2v) is 6.06. The van der Waals surface area contributed by atoms with Gasteiger partial charge >= 0.3 is 5.97 Å². The van der Waals surface area contributed by atoms with Gasteiger partial charge in [-0.25, -0.2) is 4.79 Å². The third kappa shape index (κ3) is 4.52. The number of benzene rings is 3. The van der Waals surface area contributed by atoms with Crippen LogP contribution < -0.4 is 10.1 Å². The number of rotatable bonds is 5. The highest BCUT2D eigenvalue weighted by Gasteiger charge is 2.18. The molecule has 1 amide bonds. The molecule has 0 aromatic heterocycles. The van der Waals surface area contributed by atoms with Crippen LogP contribution >= 0.6 is 11.6 Å². The second kappa shape index (κ2) is 8.32. The maximum absolute atomic E-state index is 12.2. The van der Waals surface area contributed by atoms with Gasteiger partial charge in [-0.05, 0) is 48.5 Å². The number of anilines is 1. The van der Waals surface area contributed by atoms with E-state index >= 15 is 0 Å². The number of nitro benzene ring substituents is 1. The summed E-state index contributed by atoms with van der Waals surface area (Å²) in [6.07, 6.45) is 0. The van der Waals surface area contributed by atoms with Crippen molar-refractivity contribution in [1.82, 2.24) is 0 Å². The molecule has 3 aromatic carbocycles. The van der Waals surface area contributed by atoms with E-state index in [0.717, 1.165) is 6.07 Å². The van der Waals surface area contributed by atoms with Gasteiger partial charge < -0.3 is 10.1 Å². The monoisotopic (exact) mass is 396 g/mol. The Labute approximate surface area is 164 Å². The maximum Gasteiger partial charge on any atom is 0.343 e. The number of hydrogen-bond donors (Lipinski definition) is 1. The van der Waals surface area contributed by atoms with Gasteiger partial charge in [-0.2, -0.15) is 0 Å². The molecule has 3 aromatic rings. The fourth-order valence-electron chi connectivity index (χ4n) is 2.34. The normalized spacial score (nSPS) is 10.2. The largest absolute Gasteiger partial charge is 0.423 e. The fraction of sp³-hybridized carbons (Fsp3) is 0. The molecular formula is C20H13ClN2O5. The van der Waals surface area contributed by atoms with Crippen molar-refractivity contribution < 1.29 is 19.2 Å². The van der Waals surface area contributed by atoms with E-state index < -0.39 is 10.9 Å². The van der Waals surface area contributed by atoms with Crippen LogP contribution in [0.5, 0.6) is 5.75 Å². The highest BCUT2D eigenvalue weighted by molar-refractivity contribution is 6.32. The van der Waals surface area contributed by atoms with Crippen molar-refractivity contribution in [2.45, 2.75) is 0 Å². The Bertz CT molecular complexity index is 1040. The number of halogens is 1. The number of amides is 1. The zero-order chi connectivity index (χ0) is 20.1. The van der Waals surface area contributed by atoms with Crippen LogP contribution in [0.25, 0.3) is 0 Å². The number of ether oxygens (including phenoxy) is 1. The number of carbonyl (C=O) groups is 2. The first-order chi connectivity index (χ1) is 13.4. The van der Waals surface area contributed by atoms with Gasteiger partial charge in [-0.3, -0.25) is 14.9 Å². The van der Waals surface area contributed by atoms with Gasteiger partial charge in [0.1, 0.15) is 10.8 Å². The lowest BCUT2D eigenvalue weighted by atomic mass is 10.2. The van der Waals surface area contributed by atoms with E-state index in [9.17, 15) is 19.7 Å². The molecule has 7 nitrogen and oxygen atoms in total. The summed E-state index contributed by atoms with van der Waals surface area (Å²) >= 11 is 5.73. The number of nitrogens with one attached hydrogen (secondary N) is 1. The fourth-order valence-corrected chi connectivity index (χ4v) is 2.53. The zero-order valence-corrected chi connectivity index (χ0v) is 15.1. The first-order valence-corrected chi connectivity index (χ1v) is 8.44. The quantitative estimate of drug-likeness (QED) is 0.291. The van der Waals surface area contributed by atoms with Crippen molar-refractivity contribution >= 4 is 34.9 Å². The Morgan fingerprint density at radius 2 is 1.57 bits per heavy atom. The third-order valence-electron chi connectivity index (χ3n) is 3.74. The molecule has 140 valence electrons. The van der Waals surface area contributed by atoms with Crippen molar-refractivity contribution in [1.29, 1.82) is 0 Å². The van der Waals surface area contributed by atoms with E-state index in [1.54, 1.807) is 24.3 Å². The molecule has 0 aliphatic heterocycles. The molecule has 3 rings (SSSR count). The standard InChI is InChI=1S/C20H13ClN2O5/c21-17-11-8-14(12-18(17)23(26)27)20(25)28-16-9-6-13(7-10-16)19(24)22-15-4-2-1-3-5-15/h1-12H,(H,22,24). The van der Waals surface area contributed by atoms with Crippen molar-refractivity contribution in [3.05, 3.63) is 99.1 Å². The lowest BCUT2D eigenvalue weighted by Gasteiger charge is -2.07. The maximum atomic E-state index is 12.2. The Morgan fingerprint density at radius 1 is 0.929 bits per heavy atom. The lowest BCUT2D eigenvalue weighted by molar-refractivity contribution is -0.384. The van der Waals surface area contributed by atoms with Gasteiger partial charge in [0.05, 0.1) is 10.5 Å². The Morgan fingerprint density at radius 3 is 2.21 bits per heavy atom. The van der Waals surface area contributed by atoms with Crippen molar-refractivity contribution in [2.75, 3.05) is 5.32 Å². The predicted molar refractivity (Wildman–Crippen MR) is 104 cm³/mol. The number of nitrogens with zero attached hydrogens (tertiary/aromatic N) is 1. The summed E-state index contributed by atoms with van der Waals surface area (Å²) in [6, 6.07) is 18.5. The number of para-hydroxylation sites is 1. The second-order valence-electron chi connectivity index (χ2n) is 5.66. The number of nitro groups is 1. The molecule has 0 unspecified atom stereocenters. The number of hydrogen-bond acceptors (Lipinski definition) is 5. The SMILES string of the molecule is O=C(Nc1ccccc1)c1ccc(OC(=O)c2ccc(Cl)c([N+](=O)[O-])c2)cc1. The van der Waals surface area contributed by atoms with Crippen molar-refractivity contribution in [3.8, 4) is 5.75 Å². The summed E-state index contributed by atoms with van der Waals surface area (Å²) < 4.78 is 5.19. The van der Waals surface area contributed by atoms with E-state index in [-0.39, 0.29) is 27.9 Å². The van der Waals surface area contributed by atoms with Crippen molar-refractivity contribution in [2.24, 2.45) is 0 Å². The molecule has 1 N–H and O–H groups in total. The van der Waals surface area contributed by atoms with Crippen LogP contribution in [0.1, 0.15) is 20.7 Å². The molecule has 0 spiro atoms. The first kappa shape index (κ1) is 19.1. The van der Waals surface area contributed by atoms with Crippen LogP contribution in [0.4, 0.5) is 11.4 Å². The summed E-state index contributed by atoms with van der Waals surface area (Å²) in [6.45, 7) is 0. The van der Waals surface area contributed by atoms with E-state index in [1.807, 2.05) is 6.07 Å². The van der Waals surface area contributed by atoms with Gasteiger partial charge in [0, 0.05) is 17.3 Å². The highest BCUT2D eigenvalue weighted by atomic mass is 35.5. The Kier molecular flexibility index (Phi) is 5.67. The predicted octanol–water partition coefficient (Wildman–Crippen LogP) is 4.72. The molecule has 0 saturated carbocycles. The van der Waals surface area contributed by atoms with E-state index in [1.165, 1.54) is 36.4 Å². The highest BCUT2D eigenvalue weighted by Crippen LogP contribution is 2.26. The summed E-state index contributed by atoms with van der Waals surface area (Å²) in [4.78, 5) is 34.6. The molecular weight excluding hydrogens is 384 g/mol. The first-order valence-electron chi connectivity index (χ1n) is 8.06. The van der Waals surface area contributed by atoms with Gasteiger partial charge in [0.25, 0.3) is 11.6 Å². The van der Waals surface area contributed by atoms with Crippen molar-refractivity contribution in [3.63, 3.8) is 0 Å². The topological polar surface area (TPSA) is 98.5 Å². The summed E-state index contributed by atoms with van der Waals surface area (Å²) in [5.41, 5.74) is 0.643. The van der Waals surface area contributed by atoms with E-state index in [4.69, 9.17) is 16.3 Å². The van der Waals surface area contributed by atoms with Crippen LogP contribution in [0.3, 0.4) is 0 Å². The number of carbonyl (C=O) groups excluding carboxylic acids is 2. The van der Waals surface area contributed by atoms with Gasteiger partial charge in [0.2, 0.25) is 0 Å². The molecule has 0 saturated heterocycles. The summed E-state index contributed by atoms with van der Waals surface area (Å²) in [5, 5.41) is 13.6. The Balaban J connectivity index is 1.69. The molecule has 0 radical (unpaired) electrons. The minimum absolute atomic E-state index is 0.0120. The minimum atomic E-state index is -0.777. The number of esters is 1. The van der Waals surface area contributed by atoms with Crippen LogP contribution in [-0.2, 0) is 0 Å². The van der Waals surface area contributed by atoms with Crippen LogP contribution in [-0.4, -0.2) is 16.8 Å². The smallest absolute Gasteiger partial charge is 0.343 e. The van der Waals surface area contributed by atoms with Gasteiger partial charge in [-0.15, -0.1) is 0 Å². The average Bonchev–Trinajstić information content (AvgIpc) is 2.69. The molecule has 28 heavy (non-hydrogen) atoms. The summed E-state index contributed by atoms with van der Waals surface area (Å²) in [7, 11) is 0. The van der Waals surface area contributed by atoms with Gasteiger partial charge in [0.15, 0.2) is 0 Å². The molecule has 8 heteroatoms. The molecule has 0 aliphatic carbocycles. The molecule has 0 heterocycles. The van der Waals surface area contributed by atoms with E-state index in [0.29, 0.717) is 11.3 Å². The third-order valence-corrected chi connectivity index (χ3v) is 4.06. The average molecular weight is 397 g/mol. The van der Waals surface area contributed by atoms with Crippen LogP contribution in [0, 0.1) is 10.1 Å². The molecule has 0 atom stereocenters. The van der Waals surface area contributed by atoms with Crippen LogP contribution in [0.2, 0.25) is 5.02 Å². The van der Waals surface area contributed by atoms with E-state index in [2.05, 4.69) is 5.32 Å². The zero-order valence-electron chi connectivity index (χ0n) is 14.3. The van der Waals surface area contributed by atoms with Gasteiger partial charge in [-0.1, -0.05) is 29.8 Å². The molecule has 0 aliphatic rings.